The fraction of sp³-hybridized carbons (Fsp3) is 0.250. The first kappa shape index (κ1) is 13.5. The van der Waals surface area contributed by atoms with Crippen LogP contribution in [0.2, 0.25) is 0 Å². The van der Waals surface area contributed by atoms with E-state index in [9.17, 15) is 4.79 Å². The number of nitrogens with one attached hydrogen (secondary N) is 1. The van der Waals surface area contributed by atoms with E-state index in [4.69, 9.17) is 14.7 Å². The second-order valence-corrected chi connectivity index (χ2v) is 3.24. The first-order chi connectivity index (χ1) is 8.71. The molecule has 0 heterocycles. The SMILES string of the molecule is COc1ccc(/C=N\NC(=O)CC#N)cc1OC. The number of nitriles is 1. The van der Waals surface area contributed by atoms with Crippen LogP contribution in [0, 0.1) is 11.3 Å². The molecule has 1 N–H and O–H groups in total. The number of carbonyl (C=O) groups excluding carboxylic acids is 1. The standard InChI is InChI=1S/C12H13N3O3/c1-17-10-4-3-9(7-11(10)18-2)8-14-15-12(16)5-6-13/h3-4,7-8H,5H2,1-2H3,(H,15,16)/b14-8-. The van der Waals surface area contributed by atoms with Crippen molar-refractivity contribution < 1.29 is 14.3 Å². The highest BCUT2D eigenvalue weighted by Gasteiger charge is 2.03. The van der Waals surface area contributed by atoms with Gasteiger partial charge in [-0.2, -0.15) is 10.4 Å². The summed E-state index contributed by atoms with van der Waals surface area (Å²) in [6, 6.07) is 6.95. The summed E-state index contributed by atoms with van der Waals surface area (Å²) in [6.45, 7) is 0. The van der Waals surface area contributed by atoms with Crippen LogP contribution in [0.25, 0.3) is 0 Å². The second kappa shape index (κ2) is 6.91. The van der Waals surface area contributed by atoms with Gasteiger partial charge in [0.25, 0.3) is 5.91 Å². The summed E-state index contributed by atoms with van der Waals surface area (Å²) >= 11 is 0. The van der Waals surface area contributed by atoms with E-state index in [1.54, 1.807) is 31.4 Å². The number of hydrogen-bond acceptors (Lipinski definition) is 5. The zero-order valence-electron chi connectivity index (χ0n) is 10.1. The number of amides is 1. The molecular weight excluding hydrogens is 234 g/mol. The minimum absolute atomic E-state index is 0.219. The first-order valence-electron chi connectivity index (χ1n) is 5.12. The molecule has 0 bridgehead atoms. The molecule has 0 aliphatic rings. The van der Waals surface area contributed by atoms with Crippen molar-refractivity contribution in [1.82, 2.24) is 5.43 Å². The van der Waals surface area contributed by atoms with Crippen LogP contribution >= 0.6 is 0 Å². The van der Waals surface area contributed by atoms with Crippen molar-refractivity contribution in [3.05, 3.63) is 23.8 Å². The molecule has 6 heteroatoms. The molecule has 6 nitrogen and oxygen atoms in total. The monoisotopic (exact) mass is 247 g/mol. The van der Waals surface area contributed by atoms with Gasteiger partial charge in [0.2, 0.25) is 0 Å². The molecule has 94 valence electrons. The molecule has 0 atom stereocenters. The summed E-state index contributed by atoms with van der Waals surface area (Å²) in [7, 11) is 3.08. The maximum Gasteiger partial charge on any atom is 0.254 e. The van der Waals surface area contributed by atoms with Crippen LogP contribution in [-0.2, 0) is 4.79 Å². The van der Waals surface area contributed by atoms with Crippen molar-refractivity contribution in [3.63, 3.8) is 0 Å². The molecule has 0 saturated carbocycles. The number of rotatable bonds is 5. The van der Waals surface area contributed by atoms with Crippen molar-refractivity contribution in [2.75, 3.05) is 14.2 Å². The summed E-state index contributed by atoms with van der Waals surface area (Å²) in [6.07, 6.45) is 1.24. The summed E-state index contributed by atoms with van der Waals surface area (Å²) in [4.78, 5) is 11.0. The van der Waals surface area contributed by atoms with Crippen molar-refractivity contribution >= 4 is 12.1 Å². The Balaban J connectivity index is 2.71. The Morgan fingerprint density at radius 1 is 1.44 bits per heavy atom. The van der Waals surface area contributed by atoms with E-state index in [1.165, 1.54) is 13.3 Å². The molecule has 1 amide bonds. The quantitative estimate of drug-likeness (QED) is 0.623. The van der Waals surface area contributed by atoms with Crippen molar-refractivity contribution in [2.24, 2.45) is 5.10 Å². The van der Waals surface area contributed by atoms with Crippen molar-refractivity contribution in [2.45, 2.75) is 6.42 Å². The van der Waals surface area contributed by atoms with Crippen LogP contribution in [0.3, 0.4) is 0 Å². The number of benzene rings is 1. The Bertz CT molecular complexity index is 492. The van der Waals surface area contributed by atoms with Gasteiger partial charge >= 0.3 is 0 Å². The fourth-order valence-corrected chi connectivity index (χ4v) is 1.22. The predicted octanol–water partition coefficient (Wildman–Crippen LogP) is 1.07. The number of hydrogen-bond donors (Lipinski definition) is 1. The number of methoxy groups -OCH3 is 2. The van der Waals surface area contributed by atoms with Crippen LogP contribution < -0.4 is 14.9 Å². The minimum atomic E-state index is -0.450. The fourth-order valence-electron chi connectivity index (χ4n) is 1.22. The molecule has 0 unspecified atom stereocenters. The van der Waals surface area contributed by atoms with Crippen molar-refractivity contribution in [1.29, 1.82) is 5.26 Å². The molecule has 1 rings (SSSR count). The normalized spacial score (nSPS) is 9.83. The molecule has 0 aliphatic heterocycles. The Labute approximate surface area is 105 Å². The maximum atomic E-state index is 11.0. The van der Waals surface area contributed by atoms with E-state index < -0.39 is 5.91 Å². The van der Waals surface area contributed by atoms with E-state index in [1.807, 2.05) is 0 Å². The zero-order valence-corrected chi connectivity index (χ0v) is 10.1. The summed E-state index contributed by atoms with van der Waals surface area (Å²) in [5.41, 5.74) is 2.97. The molecule has 1 aromatic carbocycles. The largest absolute Gasteiger partial charge is 0.493 e. The third-order valence-corrected chi connectivity index (χ3v) is 2.05. The smallest absolute Gasteiger partial charge is 0.254 e. The number of ether oxygens (including phenoxy) is 2. The van der Waals surface area contributed by atoms with Crippen LogP contribution in [0.15, 0.2) is 23.3 Å². The van der Waals surface area contributed by atoms with Crippen LogP contribution in [0.1, 0.15) is 12.0 Å². The molecule has 1 aromatic rings. The molecule has 0 saturated heterocycles. The molecule has 0 spiro atoms. The highest BCUT2D eigenvalue weighted by Crippen LogP contribution is 2.26. The van der Waals surface area contributed by atoms with Gasteiger partial charge in [0.15, 0.2) is 11.5 Å². The molecule has 0 fully saturated rings. The second-order valence-electron chi connectivity index (χ2n) is 3.24. The Hall–Kier alpha value is -2.55. The lowest BCUT2D eigenvalue weighted by atomic mass is 10.2. The molecule has 0 radical (unpaired) electrons. The molecule has 18 heavy (non-hydrogen) atoms. The van der Waals surface area contributed by atoms with Gasteiger partial charge in [0, 0.05) is 0 Å². The number of hydrazone groups is 1. The van der Waals surface area contributed by atoms with Gasteiger partial charge in [-0.15, -0.1) is 0 Å². The topological polar surface area (TPSA) is 83.7 Å². The predicted molar refractivity (Wildman–Crippen MR) is 65.5 cm³/mol. The van der Waals surface area contributed by atoms with Gasteiger partial charge < -0.3 is 9.47 Å². The van der Waals surface area contributed by atoms with Gasteiger partial charge in [-0.25, -0.2) is 5.43 Å². The average molecular weight is 247 g/mol. The van der Waals surface area contributed by atoms with Crippen molar-refractivity contribution in [3.8, 4) is 17.6 Å². The molecule has 0 aromatic heterocycles. The summed E-state index contributed by atoms with van der Waals surface area (Å²) in [5, 5.41) is 12.0. The van der Waals surface area contributed by atoms with Crippen LogP contribution in [0.5, 0.6) is 11.5 Å². The maximum absolute atomic E-state index is 11.0. The lowest BCUT2D eigenvalue weighted by Gasteiger charge is -2.07. The number of nitrogens with zero attached hydrogens (tertiary/aromatic N) is 2. The van der Waals surface area contributed by atoms with Gasteiger partial charge in [-0.3, -0.25) is 4.79 Å². The average Bonchev–Trinajstić information content (AvgIpc) is 2.38. The van der Waals surface area contributed by atoms with Gasteiger partial charge in [0.05, 0.1) is 26.5 Å². The summed E-state index contributed by atoms with van der Waals surface area (Å²) < 4.78 is 10.2. The molecule has 0 aliphatic carbocycles. The zero-order chi connectivity index (χ0) is 13.4. The van der Waals surface area contributed by atoms with E-state index in [2.05, 4.69) is 10.5 Å². The van der Waals surface area contributed by atoms with E-state index in [-0.39, 0.29) is 6.42 Å². The lowest BCUT2D eigenvalue weighted by Crippen LogP contribution is -2.16. The van der Waals surface area contributed by atoms with E-state index in [0.717, 1.165) is 5.56 Å². The Morgan fingerprint density at radius 3 is 2.78 bits per heavy atom. The van der Waals surface area contributed by atoms with E-state index in [0.29, 0.717) is 11.5 Å². The van der Waals surface area contributed by atoms with Gasteiger partial charge in [0.1, 0.15) is 6.42 Å². The summed E-state index contributed by atoms with van der Waals surface area (Å²) in [5.74, 6) is 0.738. The Kier molecular flexibility index (Phi) is 5.19. The Morgan fingerprint density at radius 2 is 2.17 bits per heavy atom. The highest BCUT2D eigenvalue weighted by molar-refractivity contribution is 5.83. The van der Waals surface area contributed by atoms with E-state index >= 15 is 0 Å². The third-order valence-electron chi connectivity index (χ3n) is 2.05. The lowest BCUT2D eigenvalue weighted by molar-refractivity contribution is -0.120. The van der Waals surface area contributed by atoms with Crippen LogP contribution in [0.4, 0.5) is 0 Å². The third kappa shape index (κ3) is 3.79. The van der Waals surface area contributed by atoms with Gasteiger partial charge in [-0.05, 0) is 23.8 Å². The highest BCUT2D eigenvalue weighted by atomic mass is 16.5. The first-order valence-corrected chi connectivity index (χ1v) is 5.12. The van der Waals surface area contributed by atoms with Gasteiger partial charge in [-0.1, -0.05) is 0 Å². The number of carbonyl (C=O) groups is 1. The van der Waals surface area contributed by atoms with Crippen LogP contribution in [-0.4, -0.2) is 26.3 Å². The molecular formula is C12H13N3O3. The minimum Gasteiger partial charge on any atom is -0.493 e.